The highest BCUT2D eigenvalue weighted by Gasteiger charge is 2.04. The number of hydrogen-bond donors (Lipinski definition) is 1. The summed E-state index contributed by atoms with van der Waals surface area (Å²) in [7, 11) is 0. The number of aryl methyl sites for hydroxylation is 1. The first-order valence-electron chi connectivity index (χ1n) is 4.95. The van der Waals surface area contributed by atoms with Crippen molar-refractivity contribution >= 4 is 5.69 Å². The fourth-order valence-corrected chi connectivity index (χ4v) is 1.35. The third-order valence-electron chi connectivity index (χ3n) is 2.19. The minimum absolute atomic E-state index is 0.227. The maximum Gasteiger partial charge on any atom is 0.165 e. The number of rotatable bonds is 2. The molecule has 2 aromatic carbocycles. The molecular formula is C13H12FNO. The van der Waals surface area contributed by atoms with Gasteiger partial charge < -0.3 is 10.5 Å². The van der Waals surface area contributed by atoms with Crippen LogP contribution in [0, 0.1) is 12.7 Å². The molecule has 0 radical (unpaired) electrons. The van der Waals surface area contributed by atoms with Gasteiger partial charge in [-0.15, -0.1) is 0 Å². The quantitative estimate of drug-likeness (QED) is 0.781. The van der Waals surface area contributed by atoms with E-state index in [9.17, 15) is 4.39 Å². The highest BCUT2D eigenvalue weighted by atomic mass is 19.1. The molecule has 0 aliphatic rings. The van der Waals surface area contributed by atoms with Gasteiger partial charge in [0.25, 0.3) is 0 Å². The highest BCUT2D eigenvalue weighted by molar-refractivity contribution is 5.43. The van der Waals surface area contributed by atoms with Gasteiger partial charge >= 0.3 is 0 Å². The molecule has 16 heavy (non-hydrogen) atoms. The smallest absolute Gasteiger partial charge is 0.165 e. The predicted octanol–water partition coefficient (Wildman–Crippen LogP) is 3.51. The van der Waals surface area contributed by atoms with Gasteiger partial charge in [0.15, 0.2) is 11.6 Å². The summed E-state index contributed by atoms with van der Waals surface area (Å²) < 4.78 is 18.8. The van der Waals surface area contributed by atoms with Gasteiger partial charge in [-0.25, -0.2) is 4.39 Å². The molecular weight excluding hydrogens is 205 g/mol. The third kappa shape index (κ3) is 2.31. The van der Waals surface area contributed by atoms with Gasteiger partial charge in [0.1, 0.15) is 5.75 Å². The van der Waals surface area contributed by atoms with Crippen molar-refractivity contribution in [3.63, 3.8) is 0 Å². The molecule has 0 aliphatic carbocycles. The van der Waals surface area contributed by atoms with E-state index in [-0.39, 0.29) is 11.6 Å². The van der Waals surface area contributed by atoms with Crippen LogP contribution in [0.4, 0.5) is 10.1 Å². The molecule has 0 amide bonds. The van der Waals surface area contributed by atoms with Crippen LogP contribution >= 0.6 is 0 Å². The molecule has 3 heteroatoms. The Morgan fingerprint density at radius 3 is 2.44 bits per heavy atom. The summed E-state index contributed by atoms with van der Waals surface area (Å²) in [6.45, 7) is 1.88. The largest absolute Gasteiger partial charge is 0.454 e. The van der Waals surface area contributed by atoms with E-state index in [0.29, 0.717) is 11.4 Å². The van der Waals surface area contributed by atoms with E-state index in [2.05, 4.69) is 0 Å². The number of benzene rings is 2. The lowest BCUT2D eigenvalue weighted by Crippen LogP contribution is -1.90. The van der Waals surface area contributed by atoms with Gasteiger partial charge in [-0.2, -0.15) is 0 Å². The normalized spacial score (nSPS) is 10.1. The zero-order valence-corrected chi connectivity index (χ0v) is 8.91. The third-order valence-corrected chi connectivity index (χ3v) is 2.19. The average molecular weight is 217 g/mol. The van der Waals surface area contributed by atoms with Crippen LogP contribution < -0.4 is 10.5 Å². The van der Waals surface area contributed by atoms with Crippen LogP contribution in [0.15, 0.2) is 42.5 Å². The molecule has 2 N–H and O–H groups in total. The number of nitrogen functional groups attached to an aromatic ring is 1. The molecule has 0 saturated carbocycles. The topological polar surface area (TPSA) is 35.2 Å². The van der Waals surface area contributed by atoms with Crippen molar-refractivity contribution in [1.29, 1.82) is 0 Å². The number of halogens is 1. The van der Waals surface area contributed by atoms with E-state index in [1.54, 1.807) is 36.4 Å². The van der Waals surface area contributed by atoms with Gasteiger partial charge in [0.05, 0.1) is 0 Å². The van der Waals surface area contributed by atoms with Crippen LogP contribution in [-0.4, -0.2) is 0 Å². The molecule has 0 spiro atoms. The summed E-state index contributed by atoms with van der Waals surface area (Å²) in [5, 5.41) is 0. The Morgan fingerprint density at radius 1 is 1.06 bits per heavy atom. The summed E-state index contributed by atoms with van der Waals surface area (Å²) in [4.78, 5) is 0. The van der Waals surface area contributed by atoms with Crippen LogP contribution in [0.1, 0.15) is 5.56 Å². The molecule has 2 rings (SSSR count). The van der Waals surface area contributed by atoms with E-state index >= 15 is 0 Å². The zero-order valence-electron chi connectivity index (χ0n) is 8.91. The maximum absolute atomic E-state index is 13.4. The standard InChI is InChI=1S/C13H12FNO/c1-9-2-7-12(14)13(8-9)16-11-5-3-10(15)4-6-11/h2-8H,15H2,1H3. The van der Waals surface area contributed by atoms with Crippen molar-refractivity contribution < 1.29 is 9.13 Å². The molecule has 0 atom stereocenters. The fraction of sp³-hybridized carbons (Fsp3) is 0.0769. The first-order valence-corrected chi connectivity index (χ1v) is 4.95. The molecule has 0 fully saturated rings. The van der Waals surface area contributed by atoms with Crippen LogP contribution in [-0.2, 0) is 0 Å². The zero-order chi connectivity index (χ0) is 11.5. The number of hydrogen-bond acceptors (Lipinski definition) is 2. The SMILES string of the molecule is Cc1ccc(F)c(Oc2ccc(N)cc2)c1. The Labute approximate surface area is 93.5 Å². The average Bonchev–Trinajstić information content (AvgIpc) is 2.27. The molecule has 82 valence electrons. The van der Waals surface area contributed by atoms with Crippen LogP contribution in [0.5, 0.6) is 11.5 Å². The molecule has 0 heterocycles. The second-order valence-electron chi connectivity index (χ2n) is 3.60. The monoisotopic (exact) mass is 217 g/mol. The molecule has 2 nitrogen and oxygen atoms in total. The second-order valence-corrected chi connectivity index (χ2v) is 3.60. The van der Waals surface area contributed by atoms with Crippen molar-refractivity contribution in [2.75, 3.05) is 5.73 Å². The predicted molar refractivity (Wildman–Crippen MR) is 62.1 cm³/mol. The van der Waals surface area contributed by atoms with E-state index in [1.807, 2.05) is 6.92 Å². The molecule has 0 saturated heterocycles. The Kier molecular flexibility index (Phi) is 2.77. The Balaban J connectivity index is 2.26. The van der Waals surface area contributed by atoms with Gasteiger partial charge in [-0.05, 0) is 48.9 Å². The van der Waals surface area contributed by atoms with Gasteiger partial charge in [0, 0.05) is 5.69 Å². The fourth-order valence-electron chi connectivity index (χ4n) is 1.35. The summed E-state index contributed by atoms with van der Waals surface area (Å²) in [5.41, 5.74) is 7.15. The Bertz CT molecular complexity index is 494. The van der Waals surface area contributed by atoms with Crippen molar-refractivity contribution in [3.8, 4) is 11.5 Å². The molecule has 0 aliphatic heterocycles. The van der Waals surface area contributed by atoms with Crippen LogP contribution in [0.2, 0.25) is 0 Å². The minimum atomic E-state index is -0.373. The molecule has 0 aromatic heterocycles. The van der Waals surface area contributed by atoms with Gasteiger partial charge in [-0.3, -0.25) is 0 Å². The minimum Gasteiger partial charge on any atom is -0.454 e. The van der Waals surface area contributed by atoms with E-state index < -0.39 is 0 Å². The lowest BCUT2D eigenvalue weighted by atomic mass is 10.2. The van der Waals surface area contributed by atoms with Crippen molar-refractivity contribution in [2.24, 2.45) is 0 Å². The molecule has 0 unspecified atom stereocenters. The van der Waals surface area contributed by atoms with E-state index in [0.717, 1.165) is 5.56 Å². The van der Waals surface area contributed by atoms with E-state index in [1.165, 1.54) is 6.07 Å². The van der Waals surface area contributed by atoms with Crippen LogP contribution in [0.3, 0.4) is 0 Å². The lowest BCUT2D eigenvalue weighted by molar-refractivity contribution is 0.442. The molecule has 2 aromatic rings. The Hall–Kier alpha value is -2.03. The second kappa shape index (κ2) is 4.23. The van der Waals surface area contributed by atoms with Crippen molar-refractivity contribution in [1.82, 2.24) is 0 Å². The summed E-state index contributed by atoms with van der Waals surface area (Å²) in [6.07, 6.45) is 0. The van der Waals surface area contributed by atoms with E-state index in [4.69, 9.17) is 10.5 Å². The first kappa shape index (κ1) is 10.5. The van der Waals surface area contributed by atoms with Crippen LogP contribution in [0.25, 0.3) is 0 Å². The lowest BCUT2D eigenvalue weighted by Gasteiger charge is -2.07. The van der Waals surface area contributed by atoms with Gasteiger partial charge in [0.2, 0.25) is 0 Å². The number of nitrogens with two attached hydrogens (primary N) is 1. The summed E-state index contributed by atoms with van der Waals surface area (Å²) >= 11 is 0. The van der Waals surface area contributed by atoms with Crippen molar-refractivity contribution in [3.05, 3.63) is 53.8 Å². The Morgan fingerprint density at radius 2 is 1.75 bits per heavy atom. The summed E-state index contributed by atoms with van der Waals surface area (Å²) in [5.74, 6) is 0.422. The summed E-state index contributed by atoms with van der Waals surface area (Å²) in [6, 6.07) is 11.6. The first-order chi connectivity index (χ1) is 7.65. The number of anilines is 1. The maximum atomic E-state index is 13.4. The van der Waals surface area contributed by atoms with Crippen molar-refractivity contribution in [2.45, 2.75) is 6.92 Å². The molecule has 0 bridgehead atoms. The highest BCUT2D eigenvalue weighted by Crippen LogP contribution is 2.25. The number of ether oxygens (including phenoxy) is 1. The van der Waals surface area contributed by atoms with Gasteiger partial charge in [-0.1, -0.05) is 6.07 Å².